The van der Waals surface area contributed by atoms with E-state index in [1.54, 1.807) is 24.9 Å². The Balaban J connectivity index is 2.20. The molecule has 0 aliphatic heterocycles. The highest BCUT2D eigenvalue weighted by Gasteiger charge is 1.89. The van der Waals surface area contributed by atoms with Crippen LogP contribution >= 0.6 is 0 Å². The first-order valence-electron chi connectivity index (χ1n) is 4.02. The molecule has 0 spiro atoms. The van der Waals surface area contributed by atoms with Crippen molar-refractivity contribution in [3.63, 3.8) is 0 Å². The first kappa shape index (κ1) is 9.38. The molecular formula is C9H12N4. The minimum Gasteiger partial charge on any atom is -0.389 e. The minimum absolute atomic E-state index is 0.836. The Morgan fingerprint density at radius 2 is 2.54 bits per heavy atom. The number of hydrogen-bond donors (Lipinski definition) is 1. The lowest BCUT2D eigenvalue weighted by molar-refractivity contribution is 0.806. The molecule has 4 nitrogen and oxygen atoms in total. The molecule has 0 atom stereocenters. The largest absolute Gasteiger partial charge is 0.389 e. The molecule has 1 aromatic rings. The van der Waals surface area contributed by atoms with E-state index in [0.717, 1.165) is 18.7 Å². The molecule has 0 amide bonds. The Morgan fingerprint density at radius 3 is 3.23 bits per heavy atom. The first-order chi connectivity index (χ1) is 6.43. The molecule has 1 heterocycles. The third-order valence-corrected chi connectivity index (χ3v) is 1.47. The van der Waals surface area contributed by atoms with Gasteiger partial charge in [0.1, 0.15) is 6.33 Å². The molecule has 0 fully saturated rings. The average molecular weight is 176 g/mol. The molecule has 1 aromatic heterocycles. The van der Waals surface area contributed by atoms with Crippen molar-refractivity contribution >= 4 is 6.72 Å². The van der Waals surface area contributed by atoms with Gasteiger partial charge in [-0.05, 0) is 12.8 Å². The van der Waals surface area contributed by atoms with Crippen LogP contribution in [0, 0.1) is 0 Å². The smallest absolute Gasteiger partial charge is 0.115 e. The molecule has 1 N–H and O–H groups in total. The van der Waals surface area contributed by atoms with Crippen LogP contribution in [0.1, 0.15) is 5.69 Å². The molecule has 0 radical (unpaired) electrons. The molecule has 0 aliphatic rings. The monoisotopic (exact) mass is 176 g/mol. The van der Waals surface area contributed by atoms with E-state index in [2.05, 4.69) is 27.0 Å². The molecule has 0 saturated carbocycles. The van der Waals surface area contributed by atoms with Gasteiger partial charge in [0, 0.05) is 37.3 Å². The third-order valence-electron chi connectivity index (χ3n) is 1.47. The fourth-order valence-electron chi connectivity index (χ4n) is 0.855. The van der Waals surface area contributed by atoms with Crippen molar-refractivity contribution in [3.8, 4) is 0 Å². The maximum absolute atomic E-state index is 4.09. The van der Waals surface area contributed by atoms with Crippen LogP contribution in [0.4, 0.5) is 0 Å². The standard InChI is InChI=1S/C9H12N4/c1-10-6-7-11-4-2-9-3-5-12-8-13-9/h3,5-8,11H,1-2,4H2/b7-6-. The average Bonchev–Trinajstić information content (AvgIpc) is 2.19. The summed E-state index contributed by atoms with van der Waals surface area (Å²) in [5, 5.41) is 3.06. The van der Waals surface area contributed by atoms with Crippen LogP contribution in [0.15, 0.2) is 36.0 Å². The van der Waals surface area contributed by atoms with Gasteiger partial charge < -0.3 is 5.32 Å². The van der Waals surface area contributed by atoms with Gasteiger partial charge in [0.15, 0.2) is 0 Å². The topological polar surface area (TPSA) is 50.2 Å². The molecule has 0 aromatic carbocycles. The number of hydrogen-bond acceptors (Lipinski definition) is 4. The van der Waals surface area contributed by atoms with Crippen LogP contribution in [0.25, 0.3) is 0 Å². The summed E-state index contributed by atoms with van der Waals surface area (Å²) in [5.41, 5.74) is 1.03. The number of nitrogens with one attached hydrogen (secondary N) is 1. The fraction of sp³-hybridized carbons (Fsp3) is 0.222. The van der Waals surface area contributed by atoms with Gasteiger partial charge in [-0.2, -0.15) is 0 Å². The summed E-state index contributed by atoms with van der Waals surface area (Å²) in [4.78, 5) is 11.5. The molecule has 4 heteroatoms. The van der Waals surface area contributed by atoms with Crippen molar-refractivity contribution in [1.82, 2.24) is 15.3 Å². The molecular weight excluding hydrogens is 164 g/mol. The second-order valence-electron chi connectivity index (χ2n) is 2.40. The number of aromatic nitrogens is 2. The molecule has 0 bridgehead atoms. The molecule has 0 unspecified atom stereocenters. The zero-order valence-corrected chi connectivity index (χ0v) is 7.35. The van der Waals surface area contributed by atoms with Gasteiger partial charge in [-0.15, -0.1) is 0 Å². The van der Waals surface area contributed by atoms with E-state index in [1.165, 1.54) is 0 Å². The van der Waals surface area contributed by atoms with Crippen LogP contribution in [-0.2, 0) is 6.42 Å². The van der Waals surface area contributed by atoms with E-state index in [9.17, 15) is 0 Å². The van der Waals surface area contributed by atoms with Crippen LogP contribution in [0.2, 0.25) is 0 Å². The lowest BCUT2D eigenvalue weighted by Crippen LogP contribution is -2.10. The van der Waals surface area contributed by atoms with Gasteiger partial charge in [-0.1, -0.05) is 0 Å². The molecule has 68 valence electrons. The molecule has 13 heavy (non-hydrogen) atoms. The summed E-state index contributed by atoms with van der Waals surface area (Å²) in [6, 6.07) is 1.90. The number of nitrogens with zero attached hydrogens (tertiary/aromatic N) is 3. The Labute approximate surface area is 77.5 Å². The Hall–Kier alpha value is -1.71. The summed E-state index contributed by atoms with van der Waals surface area (Å²) in [7, 11) is 0. The first-order valence-corrected chi connectivity index (χ1v) is 4.02. The summed E-state index contributed by atoms with van der Waals surface area (Å²) in [5.74, 6) is 0. The van der Waals surface area contributed by atoms with Crippen molar-refractivity contribution in [2.75, 3.05) is 6.54 Å². The highest BCUT2D eigenvalue weighted by Crippen LogP contribution is 1.90. The van der Waals surface area contributed by atoms with E-state index < -0.39 is 0 Å². The zero-order valence-electron chi connectivity index (χ0n) is 7.35. The summed E-state index contributed by atoms with van der Waals surface area (Å²) in [6.07, 6.45) is 7.54. The van der Waals surface area contributed by atoms with E-state index in [-0.39, 0.29) is 0 Å². The lowest BCUT2D eigenvalue weighted by atomic mass is 10.3. The number of aliphatic imine (C=N–C) groups is 1. The van der Waals surface area contributed by atoms with Crippen LogP contribution in [-0.4, -0.2) is 23.2 Å². The Morgan fingerprint density at radius 1 is 1.62 bits per heavy atom. The summed E-state index contributed by atoms with van der Waals surface area (Å²) in [6.45, 7) is 4.16. The minimum atomic E-state index is 0.836. The van der Waals surface area contributed by atoms with Gasteiger partial charge in [0.2, 0.25) is 0 Å². The van der Waals surface area contributed by atoms with Crippen LogP contribution in [0.3, 0.4) is 0 Å². The summed E-state index contributed by atoms with van der Waals surface area (Å²) < 4.78 is 0. The van der Waals surface area contributed by atoms with Crippen molar-refractivity contribution in [1.29, 1.82) is 0 Å². The molecule has 0 saturated heterocycles. The van der Waals surface area contributed by atoms with Gasteiger partial charge in [-0.3, -0.25) is 4.99 Å². The van der Waals surface area contributed by atoms with Gasteiger partial charge >= 0.3 is 0 Å². The van der Waals surface area contributed by atoms with E-state index in [4.69, 9.17) is 0 Å². The van der Waals surface area contributed by atoms with Gasteiger partial charge in [0.05, 0.1) is 0 Å². The summed E-state index contributed by atoms with van der Waals surface area (Å²) >= 11 is 0. The molecule has 1 rings (SSSR count). The highest BCUT2D eigenvalue weighted by molar-refractivity contribution is 5.25. The maximum Gasteiger partial charge on any atom is 0.115 e. The number of rotatable bonds is 5. The van der Waals surface area contributed by atoms with Crippen molar-refractivity contribution in [3.05, 3.63) is 36.7 Å². The zero-order chi connectivity index (χ0) is 9.36. The molecule has 0 aliphatic carbocycles. The van der Waals surface area contributed by atoms with Crippen LogP contribution in [0.5, 0.6) is 0 Å². The second kappa shape index (κ2) is 5.88. The van der Waals surface area contributed by atoms with Gasteiger partial charge in [0.25, 0.3) is 0 Å². The highest BCUT2D eigenvalue weighted by atomic mass is 14.9. The SMILES string of the molecule is C=N/C=C\NCCc1ccncn1. The van der Waals surface area contributed by atoms with Crippen molar-refractivity contribution < 1.29 is 0 Å². The van der Waals surface area contributed by atoms with Gasteiger partial charge in [-0.25, -0.2) is 9.97 Å². The Kier molecular flexibility index (Phi) is 4.24. The van der Waals surface area contributed by atoms with E-state index in [0.29, 0.717) is 0 Å². The fourth-order valence-corrected chi connectivity index (χ4v) is 0.855. The normalized spacial score (nSPS) is 10.2. The maximum atomic E-state index is 4.09. The van der Waals surface area contributed by atoms with E-state index >= 15 is 0 Å². The lowest BCUT2D eigenvalue weighted by Gasteiger charge is -1.98. The predicted octanol–water partition coefficient (Wildman–Crippen LogP) is 0.780. The van der Waals surface area contributed by atoms with E-state index in [1.807, 2.05) is 6.07 Å². The quantitative estimate of drug-likeness (QED) is 0.533. The van der Waals surface area contributed by atoms with Crippen LogP contribution < -0.4 is 5.32 Å². The Bertz CT molecular complexity index is 268. The second-order valence-corrected chi connectivity index (χ2v) is 2.40. The predicted molar refractivity (Wildman–Crippen MR) is 52.4 cm³/mol. The van der Waals surface area contributed by atoms with Crippen molar-refractivity contribution in [2.24, 2.45) is 4.99 Å². The third kappa shape index (κ3) is 4.00. The van der Waals surface area contributed by atoms with Crippen molar-refractivity contribution in [2.45, 2.75) is 6.42 Å².